The van der Waals surface area contributed by atoms with E-state index in [2.05, 4.69) is 15.2 Å². The fourth-order valence-corrected chi connectivity index (χ4v) is 4.10. The van der Waals surface area contributed by atoms with Gasteiger partial charge in [0.2, 0.25) is 11.6 Å². The Morgan fingerprint density at radius 2 is 1.97 bits per heavy atom. The van der Waals surface area contributed by atoms with Crippen molar-refractivity contribution in [3.8, 4) is 5.75 Å². The molecule has 3 heterocycles. The van der Waals surface area contributed by atoms with Gasteiger partial charge in [0.1, 0.15) is 23.2 Å². The van der Waals surface area contributed by atoms with E-state index in [9.17, 15) is 4.79 Å². The minimum atomic E-state index is -0.0875. The third-order valence-corrected chi connectivity index (χ3v) is 5.94. The first-order valence-electron chi connectivity index (χ1n) is 10.0. The molecule has 1 aliphatic rings. The largest absolute Gasteiger partial charge is 0.495 e. The highest BCUT2D eigenvalue weighted by Crippen LogP contribution is 2.34. The number of rotatable bonds is 4. The number of aryl methyl sites for hydroxylation is 3. The molecule has 0 unspecified atom stereocenters. The smallest absolute Gasteiger partial charge is 0.231 e. The molecule has 1 aliphatic heterocycles. The van der Waals surface area contributed by atoms with Crippen LogP contribution in [0.15, 0.2) is 22.6 Å². The van der Waals surface area contributed by atoms with E-state index < -0.39 is 0 Å². The quantitative estimate of drug-likeness (QED) is 0.650. The molecule has 7 nitrogen and oxygen atoms in total. The number of carbonyl (C=O) groups excluding carboxylic acids is 1. The summed E-state index contributed by atoms with van der Waals surface area (Å²) in [6.45, 7) is 7.31. The van der Waals surface area contributed by atoms with Gasteiger partial charge < -0.3 is 19.4 Å². The highest BCUT2D eigenvalue weighted by molar-refractivity contribution is 6.31. The summed E-state index contributed by atoms with van der Waals surface area (Å²) in [4.78, 5) is 24.2. The van der Waals surface area contributed by atoms with Gasteiger partial charge in [-0.2, -0.15) is 4.98 Å². The molecule has 0 saturated carbocycles. The van der Waals surface area contributed by atoms with Gasteiger partial charge in [-0.05, 0) is 51.8 Å². The molecule has 8 heteroatoms. The van der Waals surface area contributed by atoms with Gasteiger partial charge in [0.05, 0.1) is 18.2 Å². The van der Waals surface area contributed by atoms with Gasteiger partial charge in [-0.15, -0.1) is 0 Å². The van der Waals surface area contributed by atoms with E-state index in [4.69, 9.17) is 25.7 Å². The predicted octanol–water partition coefficient (Wildman–Crippen LogP) is 4.67. The lowest BCUT2D eigenvalue weighted by atomic mass is 9.95. The summed E-state index contributed by atoms with van der Waals surface area (Å²) in [5.74, 6) is 2.91. The number of piperidine rings is 1. The first-order chi connectivity index (χ1) is 14.4. The van der Waals surface area contributed by atoms with Crippen molar-refractivity contribution < 1.29 is 13.9 Å². The summed E-state index contributed by atoms with van der Waals surface area (Å²) < 4.78 is 11.1. The molecule has 0 aliphatic carbocycles. The minimum absolute atomic E-state index is 0.0189. The highest BCUT2D eigenvalue weighted by Gasteiger charge is 2.28. The zero-order valence-electron chi connectivity index (χ0n) is 17.6. The number of nitrogens with zero attached hydrogens (tertiary/aromatic N) is 3. The number of carbonyl (C=O) groups is 1. The SMILES string of the molecule is COc1ccc(Cl)cc1NC(=O)C1CCN(c2nc(C)nc3oc(C)c(C)c23)CC1. The molecule has 0 bridgehead atoms. The van der Waals surface area contributed by atoms with Crippen LogP contribution in [0.1, 0.15) is 30.0 Å². The second kappa shape index (κ2) is 8.14. The van der Waals surface area contributed by atoms with Gasteiger partial charge >= 0.3 is 0 Å². The van der Waals surface area contributed by atoms with Crippen LogP contribution in [0, 0.1) is 26.7 Å². The zero-order chi connectivity index (χ0) is 21.4. The Balaban J connectivity index is 1.49. The molecule has 0 radical (unpaired) electrons. The van der Waals surface area contributed by atoms with E-state index in [0.717, 1.165) is 48.5 Å². The third-order valence-electron chi connectivity index (χ3n) is 5.71. The molecule has 30 heavy (non-hydrogen) atoms. The lowest BCUT2D eigenvalue weighted by molar-refractivity contribution is -0.120. The van der Waals surface area contributed by atoms with Crippen LogP contribution >= 0.6 is 11.6 Å². The molecule has 4 rings (SSSR count). The first-order valence-corrected chi connectivity index (χ1v) is 10.4. The van der Waals surface area contributed by atoms with Crippen LogP contribution in [-0.2, 0) is 4.79 Å². The molecule has 1 N–H and O–H groups in total. The van der Waals surface area contributed by atoms with Crippen LogP contribution in [0.4, 0.5) is 11.5 Å². The Morgan fingerprint density at radius 1 is 1.23 bits per heavy atom. The normalized spacial score (nSPS) is 14.9. The maximum absolute atomic E-state index is 12.8. The number of furan rings is 1. The van der Waals surface area contributed by atoms with E-state index >= 15 is 0 Å². The van der Waals surface area contributed by atoms with Gasteiger partial charge in [-0.1, -0.05) is 11.6 Å². The molecule has 2 aromatic heterocycles. The van der Waals surface area contributed by atoms with E-state index in [1.54, 1.807) is 25.3 Å². The topological polar surface area (TPSA) is 80.5 Å². The fraction of sp³-hybridized carbons (Fsp3) is 0.409. The van der Waals surface area contributed by atoms with Gasteiger partial charge in [0, 0.05) is 29.6 Å². The molecular formula is C22H25ClN4O3. The summed E-state index contributed by atoms with van der Waals surface area (Å²) >= 11 is 6.07. The molecule has 1 saturated heterocycles. The molecule has 1 amide bonds. The number of amides is 1. The monoisotopic (exact) mass is 428 g/mol. The van der Waals surface area contributed by atoms with Crippen molar-refractivity contribution in [3.63, 3.8) is 0 Å². The van der Waals surface area contributed by atoms with Crippen molar-refractivity contribution >= 4 is 40.1 Å². The Bertz CT molecular complexity index is 1100. The first kappa shape index (κ1) is 20.5. The van der Waals surface area contributed by atoms with Crippen molar-refractivity contribution in [2.75, 3.05) is 30.4 Å². The Kier molecular flexibility index (Phi) is 5.56. The predicted molar refractivity (Wildman–Crippen MR) is 118 cm³/mol. The Morgan fingerprint density at radius 3 is 2.67 bits per heavy atom. The molecule has 158 valence electrons. The Labute approximate surface area is 180 Å². The van der Waals surface area contributed by atoms with Crippen LogP contribution < -0.4 is 15.0 Å². The van der Waals surface area contributed by atoms with Crippen molar-refractivity contribution in [1.82, 2.24) is 9.97 Å². The number of methoxy groups -OCH3 is 1. The van der Waals surface area contributed by atoms with Crippen LogP contribution in [-0.4, -0.2) is 36.1 Å². The number of hydrogen-bond acceptors (Lipinski definition) is 6. The van der Waals surface area contributed by atoms with Gasteiger partial charge in [-0.25, -0.2) is 4.98 Å². The number of aromatic nitrogens is 2. The summed E-state index contributed by atoms with van der Waals surface area (Å²) in [7, 11) is 1.57. The van der Waals surface area contributed by atoms with Gasteiger partial charge in [0.25, 0.3) is 0 Å². The van der Waals surface area contributed by atoms with Crippen molar-refractivity contribution in [3.05, 3.63) is 40.4 Å². The summed E-state index contributed by atoms with van der Waals surface area (Å²) in [5, 5.41) is 4.48. The number of hydrogen-bond donors (Lipinski definition) is 1. The van der Waals surface area contributed by atoms with Crippen molar-refractivity contribution in [1.29, 1.82) is 0 Å². The number of nitrogens with one attached hydrogen (secondary N) is 1. The number of ether oxygens (including phenoxy) is 1. The number of fused-ring (bicyclic) bond motifs is 1. The molecule has 1 fully saturated rings. The maximum Gasteiger partial charge on any atom is 0.231 e. The average molecular weight is 429 g/mol. The summed E-state index contributed by atoms with van der Waals surface area (Å²) in [5.41, 5.74) is 2.28. The second-order valence-corrected chi connectivity index (χ2v) is 8.09. The van der Waals surface area contributed by atoms with Gasteiger partial charge in [-0.3, -0.25) is 4.79 Å². The van der Waals surface area contributed by atoms with Crippen LogP contribution in [0.5, 0.6) is 5.75 Å². The molecule has 1 aromatic carbocycles. The highest BCUT2D eigenvalue weighted by atomic mass is 35.5. The third kappa shape index (κ3) is 3.81. The molecule has 0 spiro atoms. The van der Waals surface area contributed by atoms with Gasteiger partial charge in [0.15, 0.2) is 0 Å². The lowest BCUT2D eigenvalue weighted by Gasteiger charge is -2.32. The lowest BCUT2D eigenvalue weighted by Crippen LogP contribution is -2.38. The number of halogens is 1. The summed E-state index contributed by atoms with van der Waals surface area (Å²) in [6, 6.07) is 5.19. The number of benzene rings is 1. The Hall–Kier alpha value is -2.80. The van der Waals surface area contributed by atoms with Crippen molar-refractivity contribution in [2.24, 2.45) is 5.92 Å². The standard InChI is InChI=1S/C22H25ClN4O3/c1-12-13(2)30-22-19(12)20(24-14(3)25-22)27-9-7-15(8-10-27)21(28)26-17-11-16(23)5-6-18(17)29-4/h5-6,11,15H,7-10H2,1-4H3,(H,26,28). The number of anilines is 2. The molecule has 3 aromatic rings. The molecular weight excluding hydrogens is 404 g/mol. The van der Waals surface area contributed by atoms with Crippen LogP contribution in [0.3, 0.4) is 0 Å². The van der Waals surface area contributed by atoms with Crippen LogP contribution in [0.25, 0.3) is 11.1 Å². The van der Waals surface area contributed by atoms with E-state index in [0.29, 0.717) is 28.0 Å². The van der Waals surface area contributed by atoms with Crippen molar-refractivity contribution in [2.45, 2.75) is 33.6 Å². The fourth-order valence-electron chi connectivity index (χ4n) is 3.93. The summed E-state index contributed by atoms with van der Waals surface area (Å²) in [6.07, 6.45) is 1.46. The zero-order valence-corrected chi connectivity index (χ0v) is 18.3. The van der Waals surface area contributed by atoms with E-state index in [1.807, 2.05) is 20.8 Å². The maximum atomic E-state index is 12.8. The van der Waals surface area contributed by atoms with E-state index in [-0.39, 0.29) is 11.8 Å². The van der Waals surface area contributed by atoms with E-state index in [1.165, 1.54) is 0 Å². The minimum Gasteiger partial charge on any atom is -0.495 e. The second-order valence-electron chi connectivity index (χ2n) is 7.65. The average Bonchev–Trinajstić information content (AvgIpc) is 3.01. The molecule has 0 atom stereocenters. The van der Waals surface area contributed by atoms with Crippen LogP contribution in [0.2, 0.25) is 5.02 Å².